The van der Waals surface area contributed by atoms with Crippen molar-refractivity contribution in [2.45, 2.75) is 19.8 Å². The lowest BCUT2D eigenvalue weighted by Crippen LogP contribution is -2.12. The van der Waals surface area contributed by atoms with E-state index in [0.29, 0.717) is 30.0 Å². The maximum Gasteiger partial charge on any atom is 0.419 e. The molecule has 2 heterocycles. The van der Waals surface area contributed by atoms with Gasteiger partial charge < -0.3 is 14.3 Å². The second-order valence-electron chi connectivity index (χ2n) is 5.10. The molecule has 3 rings (SSSR count). The molecule has 0 saturated carbocycles. The van der Waals surface area contributed by atoms with Gasteiger partial charge in [0.25, 0.3) is 0 Å². The van der Waals surface area contributed by atoms with Crippen LogP contribution in [-0.2, 0) is 18.3 Å². The molecule has 22 heavy (non-hydrogen) atoms. The van der Waals surface area contributed by atoms with Crippen LogP contribution in [0.4, 0.5) is 5.82 Å². The highest BCUT2D eigenvalue weighted by Gasteiger charge is 2.09. The predicted octanol–water partition coefficient (Wildman–Crippen LogP) is 2.00. The van der Waals surface area contributed by atoms with Gasteiger partial charge >= 0.3 is 5.76 Å². The van der Waals surface area contributed by atoms with E-state index < -0.39 is 5.76 Å². The molecule has 114 valence electrons. The molecule has 1 aromatic carbocycles. The molecule has 7 nitrogen and oxygen atoms in total. The van der Waals surface area contributed by atoms with Gasteiger partial charge in [0.05, 0.1) is 5.52 Å². The molecular weight excluding hydrogens is 286 g/mol. The zero-order chi connectivity index (χ0) is 15.7. The summed E-state index contributed by atoms with van der Waals surface area (Å²) in [5, 5.41) is 6.38. The Morgan fingerprint density at radius 3 is 2.91 bits per heavy atom. The number of carbonyl (C=O) groups is 1. The fraction of sp³-hybridized carbons (Fsp3) is 0.267. The van der Waals surface area contributed by atoms with E-state index in [0.717, 1.165) is 11.1 Å². The van der Waals surface area contributed by atoms with Crippen molar-refractivity contribution in [3.8, 4) is 0 Å². The Balaban J connectivity index is 1.67. The van der Waals surface area contributed by atoms with Crippen LogP contribution < -0.4 is 11.1 Å². The average molecular weight is 301 g/mol. The van der Waals surface area contributed by atoms with Crippen molar-refractivity contribution in [2.75, 3.05) is 5.32 Å². The molecule has 2 aromatic heterocycles. The topological polar surface area (TPSA) is 90.3 Å². The highest BCUT2D eigenvalue weighted by molar-refractivity contribution is 5.89. The number of hydrogen-bond acceptors (Lipinski definition) is 5. The Bertz CT molecular complexity index is 888. The summed E-state index contributed by atoms with van der Waals surface area (Å²) in [6, 6.07) is 7.10. The number of nitrogens with one attached hydrogen (secondary N) is 1. The highest BCUT2D eigenvalue weighted by Crippen LogP contribution is 2.16. The van der Waals surface area contributed by atoms with Crippen molar-refractivity contribution < 1.29 is 13.7 Å². The summed E-state index contributed by atoms with van der Waals surface area (Å²) in [4.78, 5) is 23.3. The minimum atomic E-state index is -0.397. The quantitative estimate of drug-likeness (QED) is 0.796. The smallest absolute Gasteiger partial charge is 0.408 e. The third kappa shape index (κ3) is 2.78. The van der Waals surface area contributed by atoms with Crippen LogP contribution in [0.5, 0.6) is 0 Å². The van der Waals surface area contributed by atoms with E-state index in [9.17, 15) is 9.59 Å². The van der Waals surface area contributed by atoms with Gasteiger partial charge in [-0.25, -0.2) is 4.79 Å². The number of hydrogen-bond donors (Lipinski definition) is 1. The third-order valence-corrected chi connectivity index (χ3v) is 3.39. The molecule has 0 bridgehead atoms. The number of oxazole rings is 1. The number of fused-ring (bicyclic) bond motifs is 1. The summed E-state index contributed by atoms with van der Waals surface area (Å²) in [7, 11) is 1.65. The van der Waals surface area contributed by atoms with Gasteiger partial charge in [0.15, 0.2) is 11.4 Å². The molecule has 0 atom stereocenters. The highest BCUT2D eigenvalue weighted by atomic mass is 16.5. The first kappa shape index (κ1) is 14.1. The molecule has 0 unspecified atom stereocenters. The Hall–Kier alpha value is -2.83. The van der Waals surface area contributed by atoms with Crippen molar-refractivity contribution in [3.63, 3.8) is 0 Å². The molecule has 0 saturated heterocycles. The van der Waals surface area contributed by atoms with Crippen LogP contribution in [0.25, 0.3) is 11.1 Å². The predicted molar refractivity (Wildman–Crippen MR) is 79.6 cm³/mol. The second-order valence-corrected chi connectivity index (χ2v) is 5.10. The van der Waals surface area contributed by atoms with Gasteiger partial charge in [-0.1, -0.05) is 11.2 Å². The first-order valence-corrected chi connectivity index (χ1v) is 6.84. The van der Waals surface area contributed by atoms with E-state index in [2.05, 4.69) is 10.5 Å². The van der Waals surface area contributed by atoms with Gasteiger partial charge in [0.1, 0.15) is 5.76 Å². The molecule has 0 aliphatic carbocycles. The first-order chi connectivity index (χ1) is 10.5. The monoisotopic (exact) mass is 301 g/mol. The SMILES string of the molecule is Cc1cc(NC(=O)CCc2ccc3oc(=O)n(C)c3c2)no1. The first-order valence-electron chi connectivity index (χ1n) is 6.84. The van der Waals surface area contributed by atoms with Crippen LogP contribution in [0.3, 0.4) is 0 Å². The van der Waals surface area contributed by atoms with E-state index in [1.165, 1.54) is 4.57 Å². The number of rotatable bonds is 4. The lowest BCUT2D eigenvalue weighted by molar-refractivity contribution is -0.116. The van der Waals surface area contributed by atoms with Crippen molar-refractivity contribution in [1.29, 1.82) is 0 Å². The Labute approximate surface area is 125 Å². The third-order valence-electron chi connectivity index (χ3n) is 3.39. The molecular formula is C15H15N3O4. The fourth-order valence-electron chi connectivity index (χ4n) is 2.22. The molecule has 0 aliphatic rings. The van der Waals surface area contributed by atoms with Gasteiger partial charge in [-0.15, -0.1) is 0 Å². The van der Waals surface area contributed by atoms with Crippen molar-refractivity contribution in [1.82, 2.24) is 9.72 Å². The molecule has 0 radical (unpaired) electrons. The van der Waals surface area contributed by atoms with Crippen LogP contribution in [0.15, 0.2) is 38.0 Å². The average Bonchev–Trinajstić information content (AvgIpc) is 3.01. The van der Waals surface area contributed by atoms with Gasteiger partial charge in [-0.05, 0) is 31.0 Å². The maximum atomic E-state index is 11.9. The summed E-state index contributed by atoms with van der Waals surface area (Å²) in [6.07, 6.45) is 0.862. The minimum absolute atomic E-state index is 0.144. The Morgan fingerprint density at radius 2 is 2.18 bits per heavy atom. The van der Waals surface area contributed by atoms with Gasteiger partial charge in [-0.2, -0.15) is 0 Å². The van der Waals surface area contributed by atoms with Gasteiger partial charge in [0.2, 0.25) is 5.91 Å². The zero-order valence-electron chi connectivity index (χ0n) is 12.3. The van der Waals surface area contributed by atoms with Crippen molar-refractivity contribution in [3.05, 3.63) is 46.1 Å². The number of carbonyl (C=O) groups excluding carboxylic acids is 1. The van der Waals surface area contributed by atoms with Crippen molar-refractivity contribution in [2.24, 2.45) is 7.05 Å². The molecule has 7 heteroatoms. The zero-order valence-corrected chi connectivity index (χ0v) is 12.3. The maximum absolute atomic E-state index is 11.9. The summed E-state index contributed by atoms with van der Waals surface area (Å²) in [5.74, 6) is 0.512. The number of amides is 1. The lowest BCUT2D eigenvalue weighted by atomic mass is 10.1. The van der Waals surface area contributed by atoms with E-state index >= 15 is 0 Å². The van der Waals surface area contributed by atoms with Crippen LogP contribution in [-0.4, -0.2) is 15.6 Å². The molecule has 0 fully saturated rings. The van der Waals surface area contributed by atoms with Crippen molar-refractivity contribution >= 4 is 22.8 Å². The molecule has 3 aromatic rings. The summed E-state index contributed by atoms with van der Waals surface area (Å²) in [6.45, 7) is 1.76. The standard InChI is InChI=1S/C15H15N3O4/c1-9-7-13(17-22-9)16-14(19)6-4-10-3-5-12-11(8-10)18(2)15(20)21-12/h3,5,7-8H,4,6H2,1-2H3,(H,16,17,19). The van der Waals surface area contributed by atoms with Gasteiger partial charge in [-0.3, -0.25) is 9.36 Å². The molecule has 1 N–H and O–H groups in total. The van der Waals surface area contributed by atoms with E-state index in [-0.39, 0.29) is 5.91 Å². The molecule has 0 aliphatic heterocycles. The van der Waals surface area contributed by atoms with E-state index in [1.54, 1.807) is 26.1 Å². The fourth-order valence-corrected chi connectivity index (χ4v) is 2.22. The summed E-state index contributed by atoms with van der Waals surface area (Å²) in [5.41, 5.74) is 2.21. The van der Waals surface area contributed by atoms with Gasteiger partial charge in [0, 0.05) is 19.5 Å². The molecule has 0 spiro atoms. The minimum Gasteiger partial charge on any atom is -0.408 e. The Morgan fingerprint density at radius 1 is 1.36 bits per heavy atom. The molecule has 1 amide bonds. The van der Waals surface area contributed by atoms with Crippen LogP contribution in [0.2, 0.25) is 0 Å². The van der Waals surface area contributed by atoms with E-state index in [4.69, 9.17) is 8.94 Å². The lowest BCUT2D eigenvalue weighted by Gasteiger charge is -2.02. The van der Waals surface area contributed by atoms with E-state index in [1.807, 2.05) is 12.1 Å². The number of benzene rings is 1. The summed E-state index contributed by atoms with van der Waals surface area (Å²) >= 11 is 0. The normalized spacial score (nSPS) is 11.0. The summed E-state index contributed by atoms with van der Waals surface area (Å²) < 4.78 is 11.4. The number of nitrogens with zero attached hydrogens (tertiary/aromatic N) is 2. The Kier molecular flexibility index (Phi) is 3.54. The number of aryl methyl sites for hydroxylation is 3. The number of aromatic nitrogens is 2. The number of anilines is 1. The van der Waals surface area contributed by atoms with Crippen LogP contribution in [0.1, 0.15) is 17.7 Å². The van der Waals surface area contributed by atoms with Crippen LogP contribution >= 0.6 is 0 Å². The largest absolute Gasteiger partial charge is 0.419 e. The van der Waals surface area contributed by atoms with Crippen LogP contribution in [0, 0.1) is 6.92 Å². The second kappa shape index (κ2) is 5.51.